The molecule has 1 heterocycles. The fraction of sp³-hybridized carbons (Fsp3) is 0.545. The Bertz CT molecular complexity index is 623. The molecule has 1 atom stereocenters. The van der Waals surface area contributed by atoms with Gasteiger partial charge in [0.2, 0.25) is 0 Å². The summed E-state index contributed by atoms with van der Waals surface area (Å²) in [5.74, 6) is 0.658. The Morgan fingerprint density at radius 2 is 1.67 bits per heavy atom. The second-order valence-electron chi connectivity index (χ2n) is 7.36. The Morgan fingerprint density at radius 1 is 0.917 bits per heavy atom. The number of hydrogen-bond donors (Lipinski definition) is 0. The predicted octanol–water partition coefficient (Wildman–Crippen LogP) is 4.75. The third-order valence-electron chi connectivity index (χ3n) is 5.49. The molecule has 3 rings (SSSR count). The summed E-state index contributed by atoms with van der Waals surface area (Å²) in [6.45, 7) is 8.35. The first kappa shape index (κ1) is 17.4. The van der Waals surface area contributed by atoms with Gasteiger partial charge in [0.1, 0.15) is 0 Å². The minimum atomic E-state index is 0.658. The fourth-order valence-corrected chi connectivity index (χ4v) is 3.93. The van der Waals surface area contributed by atoms with Gasteiger partial charge >= 0.3 is 0 Å². The lowest BCUT2D eigenvalue weighted by Gasteiger charge is -2.35. The lowest BCUT2D eigenvalue weighted by atomic mass is 9.88. The van der Waals surface area contributed by atoms with Crippen molar-refractivity contribution >= 4 is 10.8 Å². The zero-order valence-electron chi connectivity index (χ0n) is 15.4. The maximum Gasteiger partial charge on any atom is 0.0110 e. The van der Waals surface area contributed by atoms with Crippen LogP contribution in [-0.2, 0) is 0 Å². The molecular formula is C22H32N2. The van der Waals surface area contributed by atoms with Gasteiger partial charge < -0.3 is 9.80 Å². The third-order valence-corrected chi connectivity index (χ3v) is 5.49. The summed E-state index contributed by atoms with van der Waals surface area (Å²) in [5, 5.41) is 2.84. The van der Waals surface area contributed by atoms with Crippen molar-refractivity contribution < 1.29 is 0 Å². The highest BCUT2D eigenvalue weighted by molar-refractivity contribution is 5.86. The van der Waals surface area contributed by atoms with E-state index in [0.717, 1.165) is 0 Å². The number of hydrogen-bond acceptors (Lipinski definition) is 2. The van der Waals surface area contributed by atoms with E-state index < -0.39 is 0 Å². The molecule has 0 saturated carbocycles. The molecule has 2 aromatic carbocycles. The van der Waals surface area contributed by atoms with Crippen LogP contribution in [0.15, 0.2) is 42.5 Å². The first-order valence-corrected chi connectivity index (χ1v) is 9.66. The number of rotatable bonds is 7. The molecule has 0 amide bonds. The zero-order valence-corrected chi connectivity index (χ0v) is 15.4. The summed E-state index contributed by atoms with van der Waals surface area (Å²) in [6, 6.07) is 15.8. The highest BCUT2D eigenvalue weighted by Crippen LogP contribution is 2.30. The van der Waals surface area contributed by atoms with Crippen LogP contribution in [0.5, 0.6) is 0 Å². The van der Waals surface area contributed by atoms with E-state index in [4.69, 9.17) is 0 Å². The topological polar surface area (TPSA) is 6.48 Å². The maximum absolute atomic E-state index is 2.68. The highest BCUT2D eigenvalue weighted by atomic mass is 15.2. The van der Waals surface area contributed by atoms with Crippen molar-refractivity contribution in [1.29, 1.82) is 0 Å². The van der Waals surface area contributed by atoms with Crippen molar-refractivity contribution in [1.82, 2.24) is 9.80 Å². The van der Waals surface area contributed by atoms with Crippen molar-refractivity contribution in [3.8, 4) is 0 Å². The molecule has 0 radical (unpaired) electrons. The van der Waals surface area contributed by atoms with Gasteiger partial charge in [-0.15, -0.1) is 0 Å². The van der Waals surface area contributed by atoms with Crippen molar-refractivity contribution in [3.63, 3.8) is 0 Å². The summed E-state index contributed by atoms with van der Waals surface area (Å²) in [7, 11) is 2.24. The molecule has 0 aromatic heterocycles. The molecule has 2 heteroatoms. The van der Waals surface area contributed by atoms with Crippen molar-refractivity contribution in [2.75, 3.05) is 39.8 Å². The molecule has 1 saturated heterocycles. The van der Waals surface area contributed by atoms with Crippen LogP contribution in [0.4, 0.5) is 0 Å². The van der Waals surface area contributed by atoms with Crippen LogP contribution in [0.3, 0.4) is 0 Å². The quantitative estimate of drug-likeness (QED) is 0.678. The molecule has 1 aliphatic rings. The van der Waals surface area contributed by atoms with Crippen LogP contribution in [0.1, 0.15) is 44.1 Å². The van der Waals surface area contributed by atoms with Gasteiger partial charge in [-0.2, -0.15) is 0 Å². The van der Waals surface area contributed by atoms with E-state index in [1.807, 2.05) is 0 Å². The molecule has 0 aliphatic carbocycles. The lowest BCUT2D eigenvalue weighted by molar-refractivity contribution is 0.145. The Hall–Kier alpha value is -1.38. The van der Waals surface area contributed by atoms with Gasteiger partial charge in [-0.1, -0.05) is 68.7 Å². The van der Waals surface area contributed by atoms with E-state index in [0.29, 0.717) is 5.92 Å². The average Bonchev–Trinajstić information content (AvgIpc) is 2.62. The monoisotopic (exact) mass is 324 g/mol. The predicted molar refractivity (Wildman–Crippen MR) is 105 cm³/mol. The summed E-state index contributed by atoms with van der Waals surface area (Å²) >= 11 is 0. The average molecular weight is 325 g/mol. The molecule has 0 spiro atoms. The van der Waals surface area contributed by atoms with E-state index >= 15 is 0 Å². The normalized spacial score (nSPS) is 18.1. The first-order chi connectivity index (χ1) is 11.8. The molecule has 0 bridgehead atoms. The minimum absolute atomic E-state index is 0.658. The van der Waals surface area contributed by atoms with E-state index in [1.165, 1.54) is 69.2 Å². The SMILES string of the molecule is CCCCCC(CN1CCN(C)CC1)c1cccc2ccccc12. The minimum Gasteiger partial charge on any atom is -0.304 e. The molecule has 24 heavy (non-hydrogen) atoms. The molecular weight excluding hydrogens is 292 g/mol. The Kier molecular flexibility index (Phi) is 6.28. The van der Waals surface area contributed by atoms with Crippen LogP contribution in [0.2, 0.25) is 0 Å². The molecule has 0 N–H and O–H groups in total. The number of piperazine rings is 1. The van der Waals surface area contributed by atoms with Crippen molar-refractivity contribution in [2.45, 2.75) is 38.5 Å². The van der Waals surface area contributed by atoms with Gasteiger partial charge in [-0.3, -0.25) is 0 Å². The Labute approximate surface area is 147 Å². The van der Waals surface area contributed by atoms with E-state index in [-0.39, 0.29) is 0 Å². The van der Waals surface area contributed by atoms with E-state index in [2.05, 4.69) is 66.2 Å². The Morgan fingerprint density at radius 3 is 2.46 bits per heavy atom. The van der Waals surface area contributed by atoms with Gasteiger partial charge in [-0.25, -0.2) is 0 Å². The number of nitrogens with zero attached hydrogens (tertiary/aromatic N) is 2. The number of unbranched alkanes of at least 4 members (excludes halogenated alkanes) is 2. The molecule has 1 aliphatic heterocycles. The van der Waals surface area contributed by atoms with Gasteiger partial charge in [-0.05, 0) is 35.7 Å². The molecule has 130 valence electrons. The van der Waals surface area contributed by atoms with Gasteiger partial charge in [0.05, 0.1) is 0 Å². The molecule has 1 fully saturated rings. The van der Waals surface area contributed by atoms with E-state index in [9.17, 15) is 0 Å². The van der Waals surface area contributed by atoms with Crippen LogP contribution < -0.4 is 0 Å². The van der Waals surface area contributed by atoms with Crippen molar-refractivity contribution in [2.24, 2.45) is 0 Å². The van der Waals surface area contributed by atoms with Crippen LogP contribution in [0, 0.1) is 0 Å². The number of fused-ring (bicyclic) bond motifs is 1. The summed E-state index contributed by atoms with van der Waals surface area (Å²) < 4.78 is 0. The van der Waals surface area contributed by atoms with Gasteiger partial charge in [0, 0.05) is 32.7 Å². The number of likely N-dealkylation sites (N-methyl/N-ethyl adjacent to an activating group) is 1. The maximum atomic E-state index is 2.68. The van der Waals surface area contributed by atoms with E-state index in [1.54, 1.807) is 5.56 Å². The van der Waals surface area contributed by atoms with Crippen LogP contribution >= 0.6 is 0 Å². The van der Waals surface area contributed by atoms with Gasteiger partial charge in [0.15, 0.2) is 0 Å². The molecule has 1 unspecified atom stereocenters. The number of benzene rings is 2. The lowest BCUT2D eigenvalue weighted by Crippen LogP contribution is -2.45. The fourth-order valence-electron chi connectivity index (χ4n) is 3.93. The molecule has 2 nitrogen and oxygen atoms in total. The highest BCUT2D eigenvalue weighted by Gasteiger charge is 2.20. The van der Waals surface area contributed by atoms with Crippen LogP contribution in [0.25, 0.3) is 10.8 Å². The van der Waals surface area contributed by atoms with Crippen molar-refractivity contribution in [3.05, 3.63) is 48.0 Å². The summed E-state index contributed by atoms with van der Waals surface area (Å²) in [5.41, 5.74) is 1.56. The Balaban J connectivity index is 1.80. The largest absolute Gasteiger partial charge is 0.304 e. The zero-order chi connectivity index (χ0) is 16.8. The molecule has 2 aromatic rings. The second-order valence-corrected chi connectivity index (χ2v) is 7.36. The van der Waals surface area contributed by atoms with Crippen LogP contribution in [-0.4, -0.2) is 49.6 Å². The first-order valence-electron chi connectivity index (χ1n) is 9.66. The smallest absolute Gasteiger partial charge is 0.0110 e. The standard InChI is InChI=1S/C22H32N2/c1-3-4-5-10-20(18-24-16-14-23(2)15-17-24)22-13-8-11-19-9-6-7-12-21(19)22/h6-9,11-13,20H,3-5,10,14-18H2,1-2H3. The third kappa shape index (κ3) is 4.37. The summed E-state index contributed by atoms with van der Waals surface area (Å²) in [4.78, 5) is 5.12. The van der Waals surface area contributed by atoms with Gasteiger partial charge in [0.25, 0.3) is 0 Å². The summed E-state index contributed by atoms with van der Waals surface area (Å²) in [6.07, 6.45) is 5.31. The second kappa shape index (κ2) is 8.64.